The quantitative estimate of drug-likeness (QED) is 0.552. The second-order valence-electron chi connectivity index (χ2n) is 3.66. The van der Waals surface area contributed by atoms with Crippen molar-refractivity contribution in [2.45, 2.75) is 25.3 Å². The van der Waals surface area contributed by atoms with E-state index in [1.807, 2.05) is 6.92 Å². The van der Waals surface area contributed by atoms with Gasteiger partial charge in [-0.1, -0.05) is 0 Å². The lowest BCUT2D eigenvalue weighted by Crippen LogP contribution is -2.62. The van der Waals surface area contributed by atoms with E-state index in [1.165, 1.54) is 12.8 Å². The largest absolute Gasteiger partial charge is 0.353 e. The maximum absolute atomic E-state index is 11.4. The zero-order chi connectivity index (χ0) is 7.90. The predicted molar refractivity (Wildman–Crippen MR) is 42.1 cm³/mol. The van der Waals surface area contributed by atoms with Crippen molar-refractivity contribution in [3.8, 4) is 0 Å². The summed E-state index contributed by atoms with van der Waals surface area (Å²) in [5.74, 6) is 0.772. The summed E-state index contributed by atoms with van der Waals surface area (Å²) in [6.07, 6.45) is 2.41. The minimum atomic E-state index is -0.252. The molecule has 2 aliphatic rings. The molecule has 0 spiro atoms. The average Bonchev–Trinajstić information content (AvgIpc) is 2.77. The van der Waals surface area contributed by atoms with Crippen molar-refractivity contribution in [2.75, 3.05) is 13.1 Å². The van der Waals surface area contributed by atoms with Crippen molar-refractivity contribution in [1.82, 2.24) is 10.6 Å². The zero-order valence-electron chi connectivity index (χ0n) is 6.81. The molecule has 0 aromatic carbocycles. The smallest absolute Gasteiger partial charge is 0.240 e. The van der Waals surface area contributed by atoms with Gasteiger partial charge in [-0.2, -0.15) is 0 Å². The second-order valence-corrected chi connectivity index (χ2v) is 3.66. The van der Waals surface area contributed by atoms with Crippen LogP contribution in [0, 0.1) is 5.92 Å². The van der Waals surface area contributed by atoms with Crippen molar-refractivity contribution >= 4 is 5.91 Å². The third-order valence-electron chi connectivity index (χ3n) is 2.77. The van der Waals surface area contributed by atoms with Crippen LogP contribution in [0.5, 0.6) is 0 Å². The van der Waals surface area contributed by atoms with Crippen LogP contribution in [0.3, 0.4) is 0 Å². The van der Waals surface area contributed by atoms with Crippen molar-refractivity contribution in [1.29, 1.82) is 0 Å². The Morgan fingerprint density at radius 2 is 2.18 bits per heavy atom. The lowest BCUT2D eigenvalue weighted by atomic mass is 9.93. The van der Waals surface area contributed by atoms with Gasteiger partial charge in [0.05, 0.1) is 5.54 Å². The highest BCUT2D eigenvalue weighted by Crippen LogP contribution is 2.40. The molecule has 3 heteroatoms. The van der Waals surface area contributed by atoms with E-state index in [9.17, 15) is 4.79 Å². The van der Waals surface area contributed by atoms with Crippen LogP contribution in [-0.4, -0.2) is 24.5 Å². The molecule has 0 aromatic heterocycles. The maximum atomic E-state index is 11.4. The van der Waals surface area contributed by atoms with Gasteiger partial charge in [-0.25, -0.2) is 0 Å². The normalized spacial score (nSPS) is 38.5. The van der Waals surface area contributed by atoms with E-state index in [1.54, 1.807) is 0 Å². The van der Waals surface area contributed by atoms with Crippen LogP contribution in [0.25, 0.3) is 0 Å². The van der Waals surface area contributed by atoms with E-state index in [0.717, 1.165) is 13.1 Å². The van der Waals surface area contributed by atoms with Crippen molar-refractivity contribution in [2.24, 2.45) is 5.92 Å². The van der Waals surface area contributed by atoms with Crippen LogP contribution < -0.4 is 10.6 Å². The number of nitrogens with one attached hydrogen (secondary N) is 2. The van der Waals surface area contributed by atoms with E-state index in [4.69, 9.17) is 0 Å². The molecule has 1 aliphatic heterocycles. The van der Waals surface area contributed by atoms with E-state index in [2.05, 4.69) is 10.6 Å². The van der Waals surface area contributed by atoms with Gasteiger partial charge in [-0.3, -0.25) is 4.79 Å². The summed E-state index contributed by atoms with van der Waals surface area (Å²) in [5, 5.41) is 6.19. The van der Waals surface area contributed by atoms with Crippen LogP contribution in [0.2, 0.25) is 0 Å². The summed E-state index contributed by atoms with van der Waals surface area (Å²) in [4.78, 5) is 11.4. The fourth-order valence-electron chi connectivity index (χ4n) is 1.75. The highest BCUT2D eigenvalue weighted by Gasteiger charge is 2.47. The van der Waals surface area contributed by atoms with Gasteiger partial charge in [-0.05, 0) is 25.7 Å². The molecule has 1 saturated carbocycles. The molecule has 0 bridgehead atoms. The van der Waals surface area contributed by atoms with Crippen LogP contribution >= 0.6 is 0 Å². The SMILES string of the molecule is C[C@@]1(C2CC2)NCCNC1=O. The maximum Gasteiger partial charge on any atom is 0.240 e. The molecule has 1 saturated heterocycles. The van der Waals surface area contributed by atoms with Gasteiger partial charge in [0, 0.05) is 13.1 Å². The molecule has 11 heavy (non-hydrogen) atoms. The molecule has 1 amide bonds. The molecule has 0 unspecified atom stereocenters. The first kappa shape index (κ1) is 7.10. The van der Waals surface area contributed by atoms with E-state index in [-0.39, 0.29) is 11.4 Å². The Morgan fingerprint density at radius 1 is 1.45 bits per heavy atom. The highest BCUT2D eigenvalue weighted by atomic mass is 16.2. The molecule has 3 nitrogen and oxygen atoms in total. The molecule has 1 heterocycles. The Balaban J connectivity index is 2.12. The van der Waals surface area contributed by atoms with E-state index >= 15 is 0 Å². The van der Waals surface area contributed by atoms with Gasteiger partial charge >= 0.3 is 0 Å². The number of piperazine rings is 1. The fourth-order valence-corrected chi connectivity index (χ4v) is 1.75. The standard InChI is InChI=1S/C8H14N2O/c1-8(6-2-3-6)7(11)9-4-5-10-8/h6,10H,2-5H2,1H3,(H,9,11)/t8-/m0/s1. The topological polar surface area (TPSA) is 41.1 Å². The Morgan fingerprint density at radius 3 is 2.73 bits per heavy atom. The van der Waals surface area contributed by atoms with Crippen molar-refractivity contribution in [3.05, 3.63) is 0 Å². The molecule has 2 rings (SSSR count). The first-order valence-corrected chi connectivity index (χ1v) is 4.27. The summed E-state index contributed by atoms with van der Waals surface area (Å²) in [7, 11) is 0. The van der Waals surface area contributed by atoms with Gasteiger partial charge < -0.3 is 10.6 Å². The first-order valence-electron chi connectivity index (χ1n) is 4.27. The third kappa shape index (κ3) is 1.03. The summed E-state index contributed by atoms with van der Waals surface area (Å²) in [5.41, 5.74) is -0.252. The van der Waals surface area contributed by atoms with Crippen LogP contribution in [-0.2, 0) is 4.79 Å². The van der Waals surface area contributed by atoms with Gasteiger partial charge in [-0.15, -0.1) is 0 Å². The molecule has 1 aliphatic carbocycles. The molecule has 0 radical (unpaired) electrons. The third-order valence-corrected chi connectivity index (χ3v) is 2.77. The van der Waals surface area contributed by atoms with Crippen LogP contribution in [0.4, 0.5) is 0 Å². The molecule has 2 fully saturated rings. The summed E-state index contributed by atoms with van der Waals surface area (Å²) in [6, 6.07) is 0. The predicted octanol–water partition coefficient (Wildman–Crippen LogP) is -0.126. The lowest BCUT2D eigenvalue weighted by Gasteiger charge is -2.33. The fraction of sp³-hybridized carbons (Fsp3) is 0.875. The van der Waals surface area contributed by atoms with E-state index < -0.39 is 0 Å². The molecule has 1 atom stereocenters. The molecule has 62 valence electrons. The van der Waals surface area contributed by atoms with E-state index in [0.29, 0.717) is 5.92 Å². The second kappa shape index (κ2) is 2.21. The summed E-state index contributed by atoms with van der Waals surface area (Å²) in [6.45, 7) is 3.71. The highest BCUT2D eigenvalue weighted by molar-refractivity contribution is 5.87. The average molecular weight is 154 g/mol. The number of carbonyl (C=O) groups is 1. The molecule has 2 N–H and O–H groups in total. The zero-order valence-corrected chi connectivity index (χ0v) is 6.81. The Labute approximate surface area is 66.5 Å². The number of amides is 1. The number of carbonyl (C=O) groups excluding carboxylic acids is 1. The monoisotopic (exact) mass is 154 g/mol. The lowest BCUT2D eigenvalue weighted by molar-refractivity contribution is -0.129. The summed E-state index contributed by atoms with van der Waals surface area (Å²) < 4.78 is 0. The first-order chi connectivity index (χ1) is 5.23. The minimum absolute atomic E-state index is 0.186. The summed E-state index contributed by atoms with van der Waals surface area (Å²) >= 11 is 0. The van der Waals surface area contributed by atoms with Crippen LogP contribution in [0.15, 0.2) is 0 Å². The van der Waals surface area contributed by atoms with Crippen LogP contribution in [0.1, 0.15) is 19.8 Å². The van der Waals surface area contributed by atoms with Gasteiger partial charge in [0.2, 0.25) is 5.91 Å². The Kier molecular flexibility index (Phi) is 1.42. The Bertz CT molecular complexity index is 189. The number of hydrogen-bond acceptors (Lipinski definition) is 2. The van der Waals surface area contributed by atoms with Gasteiger partial charge in [0.1, 0.15) is 0 Å². The minimum Gasteiger partial charge on any atom is -0.353 e. The Hall–Kier alpha value is -0.570. The molecular formula is C8H14N2O. The van der Waals surface area contributed by atoms with Gasteiger partial charge in [0.15, 0.2) is 0 Å². The molecule has 0 aromatic rings. The van der Waals surface area contributed by atoms with Crippen molar-refractivity contribution < 1.29 is 4.79 Å². The number of hydrogen-bond donors (Lipinski definition) is 2. The molecular weight excluding hydrogens is 140 g/mol. The number of rotatable bonds is 1. The van der Waals surface area contributed by atoms with Gasteiger partial charge in [0.25, 0.3) is 0 Å². The van der Waals surface area contributed by atoms with Crippen molar-refractivity contribution in [3.63, 3.8) is 0 Å².